The molecule has 1 aromatic carbocycles. The number of nitrogens with zero attached hydrogens (tertiary/aromatic N) is 2. The van der Waals surface area contributed by atoms with Crippen LogP contribution in [-0.2, 0) is 11.3 Å². The molecule has 1 aliphatic heterocycles. The van der Waals surface area contributed by atoms with Gasteiger partial charge in [0.2, 0.25) is 0 Å². The summed E-state index contributed by atoms with van der Waals surface area (Å²) < 4.78 is 11.2. The van der Waals surface area contributed by atoms with Gasteiger partial charge in [0.05, 0.1) is 6.61 Å². The number of benzene rings is 1. The SMILES string of the molecule is CCOc1ccc(Cl)cc1CN1CCN(C(=O)OC(C)(C)C)C(C)C1. The maximum absolute atomic E-state index is 12.3. The lowest BCUT2D eigenvalue weighted by molar-refractivity contribution is 0.000467. The van der Waals surface area contributed by atoms with E-state index in [0.29, 0.717) is 18.2 Å². The molecule has 0 saturated carbocycles. The second-order valence-corrected chi connectivity index (χ2v) is 7.88. The summed E-state index contributed by atoms with van der Waals surface area (Å²) >= 11 is 6.15. The molecule has 0 radical (unpaired) electrons. The van der Waals surface area contributed by atoms with Crippen LogP contribution in [0.2, 0.25) is 5.02 Å². The molecule has 1 unspecified atom stereocenters. The van der Waals surface area contributed by atoms with Crippen LogP contribution < -0.4 is 4.74 Å². The van der Waals surface area contributed by atoms with E-state index in [4.69, 9.17) is 21.1 Å². The Bertz CT molecular complexity index is 601. The highest BCUT2D eigenvalue weighted by Crippen LogP contribution is 2.26. The molecule has 6 heteroatoms. The molecule has 1 aromatic rings. The Labute approximate surface area is 155 Å². The van der Waals surface area contributed by atoms with E-state index < -0.39 is 5.60 Å². The second kappa shape index (κ2) is 8.28. The summed E-state index contributed by atoms with van der Waals surface area (Å²) in [5.74, 6) is 0.870. The van der Waals surface area contributed by atoms with Crippen LogP contribution in [0.4, 0.5) is 4.79 Å². The molecule has 0 aliphatic carbocycles. The summed E-state index contributed by atoms with van der Waals surface area (Å²) in [6, 6.07) is 5.82. The maximum Gasteiger partial charge on any atom is 0.410 e. The van der Waals surface area contributed by atoms with Gasteiger partial charge in [-0.3, -0.25) is 4.90 Å². The van der Waals surface area contributed by atoms with Gasteiger partial charge < -0.3 is 14.4 Å². The highest BCUT2D eigenvalue weighted by molar-refractivity contribution is 6.30. The van der Waals surface area contributed by atoms with E-state index in [0.717, 1.165) is 30.9 Å². The van der Waals surface area contributed by atoms with E-state index in [-0.39, 0.29) is 12.1 Å². The van der Waals surface area contributed by atoms with Gasteiger partial charge in [-0.15, -0.1) is 0 Å². The molecule has 1 heterocycles. The number of piperazine rings is 1. The molecule has 1 aliphatic rings. The number of hydrogen-bond acceptors (Lipinski definition) is 4. The zero-order chi connectivity index (χ0) is 18.6. The quantitative estimate of drug-likeness (QED) is 0.799. The number of amides is 1. The molecular weight excluding hydrogens is 340 g/mol. The maximum atomic E-state index is 12.3. The fourth-order valence-electron chi connectivity index (χ4n) is 2.98. The molecule has 2 rings (SSSR count). The number of halogens is 1. The summed E-state index contributed by atoms with van der Waals surface area (Å²) in [4.78, 5) is 16.4. The van der Waals surface area contributed by atoms with E-state index in [1.165, 1.54) is 0 Å². The van der Waals surface area contributed by atoms with E-state index >= 15 is 0 Å². The van der Waals surface area contributed by atoms with Crippen LogP contribution in [0.15, 0.2) is 18.2 Å². The van der Waals surface area contributed by atoms with Crippen LogP contribution in [0.5, 0.6) is 5.75 Å². The number of ether oxygens (including phenoxy) is 2. The first-order valence-corrected chi connectivity index (χ1v) is 9.20. The molecule has 1 fully saturated rings. The smallest absolute Gasteiger partial charge is 0.410 e. The topological polar surface area (TPSA) is 42.0 Å². The summed E-state index contributed by atoms with van der Waals surface area (Å²) in [7, 11) is 0. The van der Waals surface area contributed by atoms with Crippen molar-refractivity contribution in [3.05, 3.63) is 28.8 Å². The molecule has 140 valence electrons. The third-order valence-electron chi connectivity index (χ3n) is 4.06. The molecule has 25 heavy (non-hydrogen) atoms. The van der Waals surface area contributed by atoms with Crippen LogP contribution in [-0.4, -0.2) is 53.8 Å². The molecule has 0 N–H and O–H groups in total. The summed E-state index contributed by atoms with van der Waals surface area (Å²) in [5.41, 5.74) is 0.605. The van der Waals surface area contributed by atoms with Crippen LogP contribution in [0, 0.1) is 0 Å². The Morgan fingerprint density at radius 2 is 2.04 bits per heavy atom. The number of hydrogen-bond donors (Lipinski definition) is 0. The van der Waals surface area contributed by atoms with E-state index in [2.05, 4.69) is 11.8 Å². The van der Waals surface area contributed by atoms with Gasteiger partial charge in [-0.2, -0.15) is 0 Å². The lowest BCUT2D eigenvalue weighted by Gasteiger charge is -2.40. The van der Waals surface area contributed by atoms with Crippen molar-refractivity contribution in [3.63, 3.8) is 0 Å². The molecule has 0 spiro atoms. The highest BCUT2D eigenvalue weighted by Gasteiger charge is 2.31. The van der Waals surface area contributed by atoms with Gasteiger partial charge in [-0.05, 0) is 52.8 Å². The highest BCUT2D eigenvalue weighted by atomic mass is 35.5. The normalized spacial score (nSPS) is 19.0. The third-order valence-corrected chi connectivity index (χ3v) is 4.29. The molecule has 0 aromatic heterocycles. The minimum atomic E-state index is -0.471. The molecule has 1 atom stereocenters. The van der Waals surface area contributed by atoms with Crippen molar-refractivity contribution in [1.29, 1.82) is 0 Å². The first kappa shape index (κ1) is 19.9. The Hall–Kier alpha value is -1.46. The van der Waals surface area contributed by atoms with Gasteiger partial charge >= 0.3 is 6.09 Å². The zero-order valence-electron chi connectivity index (χ0n) is 15.8. The standard InChI is InChI=1S/C19H29ClN2O3/c1-6-24-17-8-7-16(20)11-15(17)13-21-9-10-22(14(2)12-21)18(23)25-19(3,4)5/h7-8,11,14H,6,9-10,12-13H2,1-5H3. The minimum absolute atomic E-state index is 0.0957. The van der Waals surface area contributed by atoms with Gasteiger partial charge in [-0.25, -0.2) is 4.79 Å². The van der Waals surface area contributed by atoms with Crippen molar-refractivity contribution >= 4 is 17.7 Å². The van der Waals surface area contributed by atoms with Crippen LogP contribution in [0.3, 0.4) is 0 Å². The van der Waals surface area contributed by atoms with Crippen LogP contribution in [0.25, 0.3) is 0 Å². The summed E-state index contributed by atoms with van der Waals surface area (Å²) in [6.07, 6.45) is -0.239. The Kier molecular flexibility index (Phi) is 6.58. The predicted octanol–water partition coefficient (Wildman–Crippen LogP) is 4.18. The van der Waals surface area contributed by atoms with Crippen molar-refractivity contribution in [2.24, 2.45) is 0 Å². The van der Waals surface area contributed by atoms with Crippen LogP contribution >= 0.6 is 11.6 Å². The summed E-state index contributed by atoms with van der Waals surface area (Å²) in [5, 5.41) is 0.707. The monoisotopic (exact) mass is 368 g/mol. The predicted molar refractivity (Wildman–Crippen MR) is 100 cm³/mol. The Morgan fingerprint density at radius 3 is 2.64 bits per heavy atom. The third kappa shape index (κ3) is 5.79. The second-order valence-electron chi connectivity index (χ2n) is 7.44. The van der Waals surface area contributed by atoms with Gasteiger partial charge in [0.25, 0.3) is 0 Å². The van der Waals surface area contributed by atoms with Crippen molar-refractivity contribution in [3.8, 4) is 5.75 Å². The van der Waals surface area contributed by atoms with Crippen molar-refractivity contribution < 1.29 is 14.3 Å². The molecule has 1 saturated heterocycles. The Balaban J connectivity index is 1.99. The van der Waals surface area contributed by atoms with Crippen molar-refractivity contribution in [2.75, 3.05) is 26.2 Å². The van der Waals surface area contributed by atoms with E-state index in [9.17, 15) is 4.79 Å². The van der Waals surface area contributed by atoms with E-state index in [1.807, 2.05) is 50.8 Å². The van der Waals surface area contributed by atoms with Crippen molar-refractivity contribution in [2.45, 2.75) is 52.8 Å². The fraction of sp³-hybridized carbons (Fsp3) is 0.632. The first-order valence-electron chi connectivity index (χ1n) is 8.83. The van der Waals surface area contributed by atoms with Gasteiger partial charge in [0, 0.05) is 42.8 Å². The average molecular weight is 369 g/mol. The fourth-order valence-corrected chi connectivity index (χ4v) is 3.17. The number of rotatable bonds is 4. The number of carbonyl (C=O) groups is 1. The molecule has 5 nitrogen and oxygen atoms in total. The Morgan fingerprint density at radius 1 is 1.32 bits per heavy atom. The lowest BCUT2D eigenvalue weighted by atomic mass is 10.1. The minimum Gasteiger partial charge on any atom is -0.494 e. The molecule has 0 bridgehead atoms. The zero-order valence-corrected chi connectivity index (χ0v) is 16.6. The summed E-state index contributed by atoms with van der Waals surface area (Å²) in [6.45, 7) is 13.3. The molecular formula is C19H29ClN2O3. The van der Waals surface area contributed by atoms with Crippen molar-refractivity contribution in [1.82, 2.24) is 9.80 Å². The van der Waals surface area contributed by atoms with E-state index in [1.54, 1.807) is 0 Å². The lowest BCUT2D eigenvalue weighted by Crippen LogP contribution is -2.54. The van der Waals surface area contributed by atoms with Gasteiger partial charge in [-0.1, -0.05) is 11.6 Å². The number of carbonyl (C=O) groups excluding carboxylic acids is 1. The average Bonchev–Trinajstić information content (AvgIpc) is 2.48. The van der Waals surface area contributed by atoms with Crippen LogP contribution in [0.1, 0.15) is 40.2 Å². The van der Waals surface area contributed by atoms with Gasteiger partial charge in [0.15, 0.2) is 0 Å². The van der Waals surface area contributed by atoms with Gasteiger partial charge in [0.1, 0.15) is 11.4 Å². The first-order chi connectivity index (χ1) is 11.7. The molecule has 1 amide bonds. The largest absolute Gasteiger partial charge is 0.494 e.